The Morgan fingerprint density at radius 1 is 1.07 bits per heavy atom. The summed E-state index contributed by atoms with van der Waals surface area (Å²) in [7, 11) is 0. The number of benzene rings is 2. The molecule has 3 rings (SSSR count). The predicted molar refractivity (Wildman–Crippen MR) is 115 cm³/mol. The molecule has 1 heterocycles. The van der Waals surface area contributed by atoms with Crippen molar-refractivity contribution >= 4 is 34.8 Å². The van der Waals surface area contributed by atoms with Crippen LogP contribution in [0.2, 0.25) is 5.02 Å². The normalized spacial score (nSPS) is 18.6. The van der Waals surface area contributed by atoms with Gasteiger partial charge >= 0.3 is 0 Å². The second-order valence-corrected chi connectivity index (χ2v) is 7.60. The van der Waals surface area contributed by atoms with Crippen molar-refractivity contribution in [3.05, 3.63) is 58.6 Å². The van der Waals surface area contributed by atoms with Crippen LogP contribution >= 0.6 is 11.6 Å². The maximum Gasteiger partial charge on any atom is 0.208 e. The second kappa shape index (κ2) is 7.77. The van der Waals surface area contributed by atoms with Crippen LogP contribution in [0.3, 0.4) is 0 Å². The molecule has 0 bridgehead atoms. The van der Waals surface area contributed by atoms with Crippen molar-refractivity contribution in [2.75, 3.05) is 18.0 Å². The summed E-state index contributed by atoms with van der Waals surface area (Å²) in [6, 6.07) is 11.9. The van der Waals surface area contributed by atoms with Crippen LogP contribution in [0, 0.1) is 0 Å². The monoisotopic (exact) mass is 383 g/mol. The van der Waals surface area contributed by atoms with Crippen LogP contribution in [0.5, 0.6) is 5.75 Å². The number of aromatic hydroxyl groups is 1. The van der Waals surface area contributed by atoms with Crippen LogP contribution in [0.4, 0.5) is 11.4 Å². The SMILES string of the molecule is CCN(CC)c1ccc(/C=C/C2=[NH+]c3ccc(Cl)cc3C2(C)CC)c(O)c1. The molecule has 3 nitrogen and oxygen atoms in total. The van der Waals surface area contributed by atoms with Gasteiger partial charge in [0.2, 0.25) is 5.69 Å². The minimum atomic E-state index is -0.118. The average Bonchev–Trinajstić information content (AvgIpc) is 2.94. The number of halogens is 1. The summed E-state index contributed by atoms with van der Waals surface area (Å²) in [5.74, 6) is 0.299. The molecule has 2 aromatic carbocycles. The van der Waals surface area contributed by atoms with E-state index in [2.05, 4.69) is 49.7 Å². The van der Waals surface area contributed by atoms with Crippen LogP contribution in [0.1, 0.15) is 45.2 Å². The highest BCUT2D eigenvalue weighted by atomic mass is 35.5. The summed E-state index contributed by atoms with van der Waals surface area (Å²) in [4.78, 5) is 5.74. The van der Waals surface area contributed by atoms with Gasteiger partial charge in [0.1, 0.15) is 5.75 Å². The van der Waals surface area contributed by atoms with Crippen LogP contribution in [0.15, 0.2) is 42.5 Å². The number of hydrogen-bond donors (Lipinski definition) is 2. The molecule has 1 unspecified atom stereocenters. The minimum absolute atomic E-state index is 0.118. The molecule has 0 fully saturated rings. The standard InChI is InChI=1S/C23H27ClN2O/c1-5-23(4)19-14-17(24)10-12-20(19)25-22(23)13-9-16-8-11-18(15-21(16)27)26(6-2)7-3/h8-15,27H,5-7H2,1-4H3/p+1/b13-9+. The van der Waals surface area contributed by atoms with Crippen molar-refractivity contribution in [1.29, 1.82) is 0 Å². The molecule has 0 saturated heterocycles. The van der Waals surface area contributed by atoms with Crippen molar-refractivity contribution < 1.29 is 10.1 Å². The van der Waals surface area contributed by atoms with Crippen molar-refractivity contribution in [1.82, 2.24) is 0 Å². The topological polar surface area (TPSA) is 37.4 Å². The zero-order valence-corrected chi connectivity index (χ0v) is 17.3. The molecule has 2 N–H and O–H groups in total. The Bertz CT molecular complexity index is 899. The minimum Gasteiger partial charge on any atom is -0.507 e. The molecular weight excluding hydrogens is 356 g/mol. The maximum atomic E-state index is 10.5. The van der Waals surface area contributed by atoms with Crippen molar-refractivity contribution in [2.45, 2.75) is 39.5 Å². The van der Waals surface area contributed by atoms with Gasteiger partial charge in [-0.05, 0) is 57.5 Å². The Hall–Kier alpha value is -2.26. The van der Waals surface area contributed by atoms with Gasteiger partial charge in [-0.25, -0.2) is 4.99 Å². The lowest BCUT2D eigenvalue weighted by molar-refractivity contribution is -0.349. The van der Waals surface area contributed by atoms with Crippen molar-refractivity contribution in [2.24, 2.45) is 0 Å². The average molecular weight is 384 g/mol. The van der Waals surface area contributed by atoms with Gasteiger partial charge in [0.25, 0.3) is 0 Å². The largest absolute Gasteiger partial charge is 0.507 e. The van der Waals surface area contributed by atoms with Gasteiger partial charge in [0.15, 0.2) is 5.71 Å². The number of phenols is 1. The highest BCUT2D eigenvalue weighted by molar-refractivity contribution is 6.30. The number of nitrogens with one attached hydrogen (secondary N) is 1. The summed E-state index contributed by atoms with van der Waals surface area (Å²) in [6.45, 7) is 10.5. The van der Waals surface area contributed by atoms with Crippen LogP contribution < -0.4 is 9.89 Å². The van der Waals surface area contributed by atoms with E-state index in [0.717, 1.165) is 47.2 Å². The summed E-state index contributed by atoms with van der Waals surface area (Å²) in [6.07, 6.45) is 5.01. The molecule has 0 amide bonds. The van der Waals surface area contributed by atoms with Crippen LogP contribution in [0.25, 0.3) is 6.08 Å². The number of allylic oxidation sites excluding steroid dienone is 1. The fraction of sp³-hybridized carbons (Fsp3) is 0.348. The Morgan fingerprint density at radius 2 is 1.81 bits per heavy atom. The third-order valence-corrected chi connectivity index (χ3v) is 5.95. The van der Waals surface area contributed by atoms with E-state index in [1.54, 1.807) is 0 Å². The van der Waals surface area contributed by atoms with E-state index in [9.17, 15) is 5.11 Å². The second-order valence-electron chi connectivity index (χ2n) is 7.16. The zero-order chi connectivity index (χ0) is 19.6. The lowest BCUT2D eigenvalue weighted by Crippen LogP contribution is -2.65. The number of fused-ring (bicyclic) bond motifs is 1. The number of hydrogen-bond acceptors (Lipinski definition) is 2. The number of nitrogens with zero attached hydrogens (tertiary/aromatic N) is 1. The van der Waals surface area contributed by atoms with Crippen LogP contribution in [-0.4, -0.2) is 23.9 Å². The van der Waals surface area contributed by atoms with E-state index in [1.807, 2.05) is 36.4 Å². The maximum absolute atomic E-state index is 10.5. The van der Waals surface area contributed by atoms with Crippen molar-refractivity contribution in [3.8, 4) is 5.75 Å². The Kier molecular flexibility index (Phi) is 5.61. The third kappa shape index (κ3) is 3.61. The van der Waals surface area contributed by atoms with E-state index in [4.69, 9.17) is 11.6 Å². The van der Waals surface area contributed by atoms with E-state index in [1.165, 1.54) is 5.56 Å². The molecule has 0 aromatic heterocycles. The zero-order valence-electron chi connectivity index (χ0n) is 16.5. The molecule has 0 aliphatic carbocycles. The van der Waals surface area contributed by atoms with Gasteiger partial charge in [-0.2, -0.15) is 0 Å². The Morgan fingerprint density at radius 3 is 2.44 bits per heavy atom. The van der Waals surface area contributed by atoms with Crippen molar-refractivity contribution in [3.63, 3.8) is 0 Å². The van der Waals surface area contributed by atoms with E-state index < -0.39 is 0 Å². The molecule has 27 heavy (non-hydrogen) atoms. The van der Waals surface area contributed by atoms with E-state index >= 15 is 0 Å². The fourth-order valence-corrected chi connectivity index (χ4v) is 3.92. The highest BCUT2D eigenvalue weighted by Gasteiger charge is 2.42. The molecule has 1 aliphatic rings. The first kappa shape index (κ1) is 19.5. The third-order valence-electron chi connectivity index (χ3n) is 5.72. The molecule has 4 heteroatoms. The summed E-state index contributed by atoms with van der Waals surface area (Å²) >= 11 is 6.22. The number of phenolic OH excluding ortho intramolecular Hbond substituents is 1. The highest BCUT2D eigenvalue weighted by Crippen LogP contribution is 2.37. The van der Waals surface area contributed by atoms with Gasteiger partial charge in [0.05, 0.1) is 5.41 Å². The molecule has 0 saturated carbocycles. The molecule has 0 radical (unpaired) electrons. The van der Waals surface area contributed by atoms with E-state index in [-0.39, 0.29) is 5.41 Å². The molecule has 1 atom stereocenters. The van der Waals surface area contributed by atoms with Gasteiger partial charge in [0, 0.05) is 53.1 Å². The van der Waals surface area contributed by atoms with Gasteiger partial charge in [-0.15, -0.1) is 0 Å². The van der Waals surface area contributed by atoms with Crippen LogP contribution in [-0.2, 0) is 5.41 Å². The number of anilines is 1. The van der Waals surface area contributed by atoms with Gasteiger partial charge < -0.3 is 10.0 Å². The predicted octanol–water partition coefficient (Wildman–Crippen LogP) is 4.44. The molecule has 2 aromatic rings. The Balaban J connectivity index is 1.90. The quantitative estimate of drug-likeness (QED) is 0.773. The summed E-state index contributed by atoms with van der Waals surface area (Å²) in [5.41, 5.74) is 5.18. The summed E-state index contributed by atoms with van der Waals surface area (Å²) in [5, 5.41) is 11.2. The number of rotatable bonds is 6. The fourth-order valence-electron chi connectivity index (χ4n) is 3.75. The Labute approximate surface area is 167 Å². The molecule has 1 aliphatic heterocycles. The summed E-state index contributed by atoms with van der Waals surface area (Å²) < 4.78 is 0. The first-order valence-corrected chi connectivity index (χ1v) is 10.0. The first-order valence-electron chi connectivity index (χ1n) is 9.63. The van der Waals surface area contributed by atoms with E-state index in [0.29, 0.717) is 5.75 Å². The van der Waals surface area contributed by atoms with Gasteiger partial charge in [-0.3, -0.25) is 0 Å². The molecule has 142 valence electrons. The lowest BCUT2D eigenvalue weighted by Gasteiger charge is -2.21. The lowest BCUT2D eigenvalue weighted by atomic mass is 9.77. The molecule has 0 spiro atoms. The molecular formula is C23H28ClN2O+. The first-order chi connectivity index (χ1) is 12.9. The smallest absolute Gasteiger partial charge is 0.208 e. The van der Waals surface area contributed by atoms with Gasteiger partial charge in [-0.1, -0.05) is 18.5 Å².